The van der Waals surface area contributed by atoms with Crippen molar-refractivity contribution in [2.45, 2.75) is 24.9 Å². The number of hydrogen-bond donors (Lipinski definition) is 1. The molecule has 8 heteroatoms. The summed E-state index contributed by atoms with van der Waals surface area (Å²) in [6, 6.07) is 13.2. The number of benzene rings is 2. The highest BCUT2D eigenvalue weighted by Crippen LogP contribution is 2.43. The van der Waals surface area contributed by atoms with E-state index in [9.17, 15) is 22.7 Å². The fraction of sp³-hybridized carbons (Fsp3) is 0.381. The number of nitrogens with zero attached hydrogens (tertiary/aromatic N) is 2. The summed E-state index contributed by atoms with van der Waals surface area (Å²) >= 11 is 0. The summed E-state index contributed by atoms with van der Waals surface area (Å²) in [6.45, 7) is 1.44. The number of carbonyl (C=O) groups is 1. The number of hydrogen-bond acceptors (Lipinski definition) is 4. The van der Waals surface area contributed by atoms with Crippen molar-refractivity contribution in [1.29, 1.82) is 0 Å². The summed E-state index contributed by atoms with van der Waals surface area (Å²) in [7, 11) is -3.47. The molecule has 1 N–H and O–H groups in total. The molecule has 154 valence electrons. The maximum atomic E-state index is 13.5. The van der Waals surface area contributed by atoms with Crippen LogP contribution in [0.2, 0.25) is 0 Å². The highest BCUT2D eigenvalue weighted by atomic mass is 32.2. The molecule has 2 aromatic rings. The molecule has 1 amide bonds. The van der Waals surface area contributed by atoms with Gasteiger partial charge in [0.05, 0.1) is 31.0 Å². The third-order valence-corrected chi connectivity index (χ3v) is 7.73. The lowest BCUT2D eigenvalue weighted by molar-refractivity contribution is -0.158. The van der Waals surface area contributed by atoms with Crippen LogP contribution >= 0.6 is 0 Å². The van der Waals surface area contributed by atoms with Gasteiger partial charge in [0, 0.05) is 12.5 Å². The van der Waals surface area contributed by atoms with Crippen molar-refractivity contribution in [2.75, 3.05) is 25.4 Å². The van der Waals surface area contributed by atoms with Gasteiger partial charge in [-0.3, -0.25) is 4.79 Å². The van der Waals surface area contributed by atoms with E-state index in [1.807, 2.05) is 30.3 Å². The average molecular weight is 418 g/mol. The predicted octanol–water partition coefficient (Wildman–Crippen LogP) is 1.81. The molecule has 2 heterocycles. The molecule has 0 aliphatic carbocycles. The summed E-state index contributed by atoms with van der Waals surface area (Å²) in [5.41, 5.74) is 2.55. The Hall–Kier alpha value is -2.29. The van der Waals surface area contributed by atoms with Gasteiger partial charge in [-0.25, -0.2) is 12.8 Å². The van der Waals surface area contributed by atoms with Crippen LogP contribution in [0.1, 0.15) is 18.4 Å². The van der Waals surface area contributed by atoms with Gasteiger partial charge >= 0.3 is 0 Å². The Bertz CT molecular complexity index is 1030. The van der Waals surface area contributed by atoms with Crippen LogP contribution in [0, 0.1) is 5.82 Å². The Labute approximate surface area is 169 Å². The summed E-state index contributed by atoms with van der Waals surface area (Å²) < 4.78 is 39.3. The number of sulfonamides is 1. The van der Waals surface area contributed by atoms with Gasteiger partial charge in [-0.05, 0) is 35.7 Å². The topological polar surface area (TPSA) is 77.9 Å². The van der Waals surface area contributed by atoms with E-state index < -0.39 is 10.0 Å². The second-order valence-corrected chi connectivity index (χ2v) is 9.73. The molecule has 2 aliphatic heterocycles. The number of amides is 1. The second-order valence-electron chi connectivity index (χ2n) is 7.47. The van der Waals surface area contributed by atoms with E-state index >= 15 is 0 Å². The van der Waals surface area contributed by atoms with Gasteiger partial charge in [0.1, 0.15) is 5.82 Å². The smallest absolute Gasteiger partial charge is 0.238 e. The molecule has 0 bridgehead atoms. The average Bonchev–Trinajstić information content (AvgIpc) is 2.70. The van der Waals surface area contributed by atoms with Crippen LogP contribution < -0.4 is 0 Å². The molecule has 2 aliphatic rings. The van der Waals surface area contributed by atoms with Gasteiger partial charge < -0.3 is 10.0 Å². The van der Waals surface area contributed by atoms with E-state index in [1.165, 1.54) is 16.4 Å². The zero-order valence-electron chi connectivity index (χ0n) is 16.0. The normalized spacial score (nSPS) is 24.9. The Balaban J connectivity index is 1.61. The molecule has 0 saturated carbocycles. The maximum absolute atomic E-state index is 13.5. The molecule has 0 aromatic heterocycles. The van der Waals surface area contributed by atoms with Crippen molar-refractivity contribution < 1.29 is 22.7 Å². The van der Waals surface area contributed by atoms with E-state index in [4.69, 9.17) is 0 Å². The molecular formula is C21H23FN2O4S. The first kappa shape index (κ1) is 20.0. The molecule has 2 aromatic carbocycles. The largest absolute Gasteiger partial charge is 0.394 e. The van der Waals surface area contributed by atoms with Crippen LogP contribution in [-0.4, -0.2) is 66.2 Å². The molecule has 3 atom stereocenters. The number of carbonyl (C=O) groups excluding carboxylic acids is 1. The van der Waals surface area contributed by atoms with E-state index in [1.54, 1.807) is 17.9 Å². The molecule has 4 rings (SSSR count). The van der Waals surface area contributed by atoms with E-state index in [-0.39, 0.29) is 55.2 Å². The van der Waals surface area contributed by atoms with Crippen molar-refractivity contribution >= 4 is 15.9 Å². The lowest BCUT2D eigenvalue weighted by atomic mass is 9.74. The highest BCUT2D eigenvalue weighted by Gasteiger charge is 2.55. The van der Waals surface area contributed by atoms with Crippen molar-refractivity contribution in [1.82, 2.24) is 9.21 Å². The van der Waals surface area contributed by atoms with Crippen molar-refractivity contribution in [3.63, 3.8) is 0 Å². The van der Waals surface area contributed by atoms with Crippen molar-refractivity contribution in [2.24, 2.45) is 0 Å². The monoisotopic (exact) mass is 418 g/mol. The standard InChI is InChI=1S/C21H23FN2O4S/c1-2-29(27,28)23-11-18-21(19(13-25)24(18)20(26)12-23)15-8-6-14(7-9-15)16-4-3-5-17(22)10-16/h3-10,18-19,21,25H,2,11-13H2,1H3/t18-,19-,21+/m1/s1. The fourth-order valence-corrected chi connectivity index (χ4v) is 5.48. The minimum absolute atomic E-state index is 0.0522. The van der Waals surface area contributed by atoms with Gasteiger partial charge in [0.2, 0.25) is 15.9 Å². The summed E-state index contributed by atoms with van der Waals surface area (Å²) in [6.07, 6.45) is 0. The number of halogens is 1. The lowest BCUT2D eigenvalue weighted by Gasteiger charge is -2.58. The quantitative estimate of drug-likeness (QED) is 0.804. The van der Waals surface area contributed by atoms with E-state index in [0.717, 1.165) is 16.7 Å². The van der Waals surface area contributed by atoms with Gasteiger partial charge in [0.15, 0.2) is 0 Å². The summed E-state index contributed by atoms with van der Waals surface area (Å²) in [4.78, 5) is 14.1. The fourth-order valence-electron chi connectivity index (χ4n) is 4.43. The molecule has 0 radical (unpaired) electrons. The minimum atomic E-state index is -3.47. The zero-order chi connectivity index (χ0) is 20.8. The first-order chi connectivity index (χ1) is 13.9. The van der Waals surface area contributed by atoms with Crippen LogP contribution in [0.25, 0.3) is 11.1 Å². The summed E-state index contributed by atoms with van der Waals surface area (Å²) in [5, 5.41) is 9.84. The van der Waals surface area contributed by atoms with Crippen molar-refractivity contribution in [3.8, 4) is 11.1 Å². The minimum Gasteiger partial charge on any atom is -0.394 e. The van der Waals surface area contributed by atoms with Crippen LogP contribution in [0.3, 0.4) is 0 Å². The molecular weight excluding hydrogens is 395 g/mol. The van der Waals surface area contributed by atoms with Gasteiger partial charge in [0.25, 0.3) is 0 Å². The third kappa shape index (κ3) is 3.45. The molecule has 29 heavy (non-hydrogen) atoms. The first-order valence-corrected chi connectivity index (χ1v) is 11.2. The van der Waals surface area contributed by atoms with Gasteiger partial charge in [-0.2, -0.15) is 4.31 Å². The predicted molar refractivity (Wildman–Crippen MR) is 107 cm³/mol. The molecule has 6 nitrogen and oxygen atoms in total. The molecule has 0 unspecified atom stereocenters. The van der Waals surface area contributed by atoms with Crippen LogP contribution in [0.4, 0.5) is 4.39 Å². The number of aliphatic hydroxyl groups excluding tert-OH is 1. The van der Waals surface area contributed by atoms with Crippen molar-refractivity contribution in [3.05, 3.63) is 59.9 Å². The molecule has 0 spiro atoms. The summed E-state index contributed by atoms with van der Waals surface area (Å²) in [5.74, 6) is -0.784. The van der Waals surface area contributed by atoms with Gasteiger partial charge in [-0.15, -0.1) is 0 Å². The maximum Gasteiger partial charge on any atom is 0.238 e. The van der Waals surface area contributed by atoms with E-state index in [2.05, 4.69) is 0 Å². The first-order valence-electron chi connectivity index (χ1n) is 9.61. The SMILES string of the molecule is CCS(=O)(=O)N1CC(=O)N2[C@H](CO)[C@@H](c3ccc(-c4cccc(F)c4)cc3)[C@H]2C1. The van der Waals surface area contributed by atoms with Gasteiger partial charge in [-0.1, -0.05) is 36.4 Å². The molecule has 2 saturated heterocycles. The number of piperazine rings is 1. The number of fused-ring (bicyclic) bond motifs is 1. The van der Waals surface area contributed by atoms with Crippen LogP contribution in [0.15, 0.2) is 48.5 Å². The Morgan fingerprint density at radius 3 is 2.48 bits per heavy atom. The zero-order valence-corrected chi connectivity index (χ0v) is 16.8. The Morgan fingerprint density at radius 1 is 1.14 bits per heavy atom. The highest BCUT2D eigenvalue weighted by molar-refractivity contribution is 7.89. The lowest BCUT2D eigenvalue weighted by Crippen LogP contribution is -2.73. The number of aliphatic hydroxyl groups is 1. The molecule has 2 fully saturated rings. The second kappa shape index (κ2) is 7.51. The third-order valence-electron chi connectivity index (χ3n) is 5.93. The number of rotatable bonds is 5. The van der Waals surface area contributed by atoms with Crippen LogP contribution in [0.5, 0.6) is 0 Å². The Morgan fingerprint density at radius 2 is 1.86 bits per heavy atom. The Kier molecular flexibility index (Phi) is 5.18. The van der Waals surface area contributed by atoms with Crippen LogP contribution in [-0.2, 0) is 14.8 Å². The van der Waals surface area contributed by atoms with E-state index in [0.29, 0.717) is 0 Å².